The molecule has 2 rings (SSSR count). The SMILES string of the molecule is CCC(NCCOC1CCCCC1)c1cccc(F)c1. The van der Waals surface area contributed by atoms with Gasteiger partial charge in [-0.2, -0.15) is 0 Å². The Kier molecular flexibility index (Phi) is 6.48. The first-order valence-corrected chi connectivity index (χ1v) is 7.90. The zero-order valence-corrected chi connectivity index (χ0v) is 12.4. The van der Waals surface area contributed by atoms with E-state index in [1.54, 1.807) is 12.1 Å². The molecule has 112 valence electrons. The first-order chi connectivity index (χ1) is 9.79. The highest BCUT2D eigenvalue weighted by molar-refractivity contribution is 5.19. The second-order valence-corrected chi connectivity index (χ2v) is 5.60. The number of nitrogens with one attached hydrogen (secondary N) is 1. The van der Waals surface area contributed by atoms with Gasteiger partial charge in [-0.15, -0.1) is 0 Å². The number of hydrogen-bond donors (Lipinski definition) is 1. The van der Waals surface area contributed by atoms with Crippen molar-refractivity contribution in [1.29, 1.82) is 0 Å². The number of hydrogen-bond acceptors (Lipinski definition) is 2. The maximum atomic E-state index is 13.2. The molecule has 1 saturated carbocycles. The summed E-state index contributed by atoms with van der Waals surface area (Å²) in [5, 5.41) is 3.46. The lowest BCUT2D eigenvalue weighted by Crippen LogP contribution is -2.27. The molecule has 1 aliphatic rings. The minimum atomic E-state index is -0.166. The van der Waals surface area contributed by atoms with Crippen LogP contribution in [0.25, 0.3) is 0 Å². The summed E-state index contributed by atoms with van der Waals surface area (Å²) in [7, 11) is 0. The third-order valence-corrected chi connectivity index (χ3v) is 4.06. The van der Waals surface area contributed by atoms with Gasteiger partial charge in [0.05, 0.1) is 12.7 Å². The van der Waals surface area contributed by atoms with E-state index in [4.69, 9.17) is 4.74 Å². The molecule has 0 amide bonds. The van der Waals surface area contributed by atoms with Crippen LogP contribution in [0.1, 0.15) is 57.1 Å². The Labute approximate surface area is 121 Å². The predicted molar refractivity (Wildman–Crippen MR) is 80.3 cm³/mol. The van der Waals surface area contributed by atoms with Gasteiger partial charge in [0.2, 0.25) is 0 Å². The average molecular weight is 279 g/mol. The Balaban J connectivity index is 1.71. The molecule has 0 heterocycles. The Bertz CT molecular complexity index is 390. The molecule has 0 saturated heterocycles. The van der Waals surface area contributed by atoms with Crippen LogP contribution in [0.3, 0.4) is 0 Å². The first-order valence-electron chi connectivity index (χ1n) is 7.90. The highest BCUT2D eigenvalue weighted by Gasteiger charge is 2.14. The molecule has 0 radical (unpaired) electrons. The quantitative estimate of drug-likeness (QED) is 0.755. The van der Waals surface area contributed by atoms with Crippen molar-refractivity contribution in [2.75, 3.05) is 13.2 Å². The van der Waals surface area contributed by atoms with E-state index in [1.165, 1.54) is 38.2 Å². The number of ether oxygens (including phenoxy) is 1. The van der Waals surface area contributed by atoms with Crippen LogP contribution in [0.15, 0.2) is 24.3 Å². The molecule has 3 heteroatoms. The Morgan fingerprint density at radius 1 is 1.30 bits per heavy atom. The first kappa shape index (κ1) is 15.5. The van der Waals surface area contributed by atoms with Gasteiger partial charge in [0.15, 0.2) is 0 Å². The van der Waals surface area contributed by atoms with E-state index < -0.39 is 0 Å². The van der Waals surface area contributed by atoms with Crippen LogP contribution in [0, 0.1) is 5.82 Å². The van der Waals surface area contributed by atoms with Crippen molar-refractivity contribution in [1.82, 2.24) is 5.32 Å². The largest absolute Gasteiger partial charge is 0.377 e. The number of benzene rings is 1. The van der Waals surface area contributed by atoms with Crippen molar-refractivity contribution in [2.45, 2.75) is 57.6 Å². The van der Waals surface area contributed by atoms with Gasteiger partial charge in [-0.25, -0.2) is 4.39 Å². The van der Waals surface area contributed by atoms with Gasteiger partial charge in [0.25, 0.3) is 0 Å². The monoisotopic (exact) mass is 279 g/mol. The van der Waals surface area contributed by atoms with E-state index in [1.807, 2.05) is 6.07 Å². The molecule has 0 bridgehead atoms. The van der Waals surface area contributed by atoms with Crippen molar-refractivity contribution in [3.63, 3.8) is 0 Å². The predicted octanol–water partition coefficient (Wildman–Crippen LogP) is 4.22. The van der Waals surface area contributed by atoms with Crippen LogP contribution in [0.5, 0.6) is 0 Å². The molecule has 1 N–H and O–H groups in total. The van der Waals surface area contributed by atoms with E-state index in [0.717, 1.165) is 25.1 Å². The number of halogens is 1. The summed E-state index contributed by atoms with van der Waals surface area (Å²) in [5.41, 5.74) is 1.02. The van der Waals surface area contributed by atoms with Crippen LogP contribution >= 0.6 is 0 Å². The lowest BCUT2D eigenvalue weighted by atomic mass is 9.98. The highest BCUT2D eigenvalue weighted by Crippen LogP contribution is 2.20. The smallest absolute Gasteiger partial charge is 0.123 e. The molecule has 1 atom stereocenters. The number of rotatable bonds is 7. The molecule has 1 aliphatic carbocycles. The Morgan fingerprint density at radius 2 is 2.10 bits per heavy atom. The topological polar surface area (TPSA) is 21.3 Å². The molecule has 1 unspecified atom stereocenters. The normalized spacial score (nSPS) is 18.1. The Hall–Kier alpha value is -0.930. The van der Waals surface area contributed by atoms with E-state index in [-0.39, 0.29) is 11.9 Å². The van der Waals surface area contributed by atoms with Crippen LogP contribution < -0.4 is 5.32 Å². The van der Waals surface area contributed by atoms with Crippen molar-refractivity contribution < 1.29 is 9.13 Å². The van der Waals surface area contributed by atoms with Crippen LogP contribution in [-0.4, -0.2) is 19.3 Å². The maximum Gasteiger partial charge on any atom is 0.123 e. The van der Waals surface area contributed by atoms with Gasteiger partial charge in [0, 0.05) is 12.6 Å². The molecular weight excluding hydrogens is 253 g/mol. The summed E-state index contributed by atoms with van der Waals surface area (Å²) in [6.45, 7) is 3.69. The highest BCUT2D eigenvalue weighted by atomic mass is 19.1. The molecular formula is C17H26FNO. The van der Waals surface area contributed by atoms with E-state index in [2.05, 4.69) is 12.2 Å². The van der Waals surface area contributed by atoms with Crippen LogP contribution in [0.4, 0.5) is 4.39 Å². The fourth-order valence-corrected chi connectivity index (χ4v) is 2.91. The van der Waals surface area contributed by atoms with Crippen LogP contribution in [0.2, 0.25) is 0 Å². The second-order valence-electron chi connectivity index (χ2n) is 5.60. The summed E-state index contributed by atoms with van der Waals surface area (Å²) < 4.78 is 19.1. The van der Waals surface area contributed by atoms with Gasteiger partial charge >= 0.3 is 0 Å². The van der Waals surface area contributed by atoms with Crippen molar-refractivity contribution in [3.8, 4) is 0 Å². The summed E-state index contributed by atoms with van der Waals surface area (Å²) >= 11 is 0. The zero-order valence-electron chi connectivity index (χ0n) is 12.4. The Morgan fingerprint density at radius 3 is 2.80 bits per heavy atom. The summed E-state index contributed by atoms with van der Waals surface area (Å²) in [5.74, 6) is -0.166. The minimum absolute atomic E-state index is 0.166. The minimum Gasteiger partial charge on any atom is -0.377 e. The van der Waals surface area contributed by atoms with Crippen LogP contribution in [-0.2, 0) is 4.74 Å². The molecule has 1 aromatic carbocycles. The van der Waals surface area contributed by atoms with Gasteiger partial charge in [-0.3, -0.25) is 0 Å². The summed E-state index contributed by atoms with van der Waals surface area (Å²) in [6, 6.07) is 7.06. The molecule has 20 heavy (non-hydrogen) atoms. The lowest BCUT2D eigenvalue weighted by molar-refractivity contribution is 0.0293. The fourth-order valence-electron chi connectivity index (χ4n) is 2.91. The average Bonchev–Trinajstić information content (AvgIpc) is 2.48. The van der Waals surface area contributed by atoms with Gasteiger partial charge < -0.3 is 10.1 Å². The third kappa shape index (κ3) is 4.88. The van der Waals surface area contributed by atoms with Gasteiger partial charge in [-0.1, -0.05) is 38.3 Å². The molecule has 0 aliphatic heterocycles. The summed E-state index contributed by atoms with van der Waals surface area (Å²) in [4.78, 5) is 0. The van der Waals surface area contributed by atoms with Crippen molar-refractivity contribution >= 4 is 0 Å². The van der Waals surface area contributed by atoms with Crippen molar-refractivity contribution in [2.24, 2.45) is 0 Å². The standard InChI is InChI=1S/C17H26FNO/c1-2-17(14-7-6-8-15(18)13-14)19-11-12-20-16-9-4-3-5-10-16/h6-8,13,16-17,19H,2-5,9-12H2,1H3. The van der Waals surface area contributed by atoms with Gasteiger partial charge in [0.1, 0.15) is 5.82 Å². The van der Waals surface area contributed by atoms with E-state index in [0.29, 0.717) is 6.10 Å². The second kappa shape index (κ2) is 8.38. The van der Waals surface area contributed by atoms with Gasteiger partial charge in [-0.05, 0) is 37.0 Å². The summed E-state index contributed by atoms with van der Waals surface area (Å²) in [6.07, 6.45) is 7.79. The third-order valence-electron chi connectivity index (χ3n) is 4.06. The van der Waals surface area contributed by atoms with E-state index in [9.17, 15) is 4.39 Å². The molecule has 1 fully saturated rings. The van der Waals surface area contributed by atoms with Crippen molar-refractivity contribution in [3.05, 3.63) is 35.6 Å². The molecule has 0 spiro atoms. The maximum absolute atomic E-state index is 13.2. The molecule has 1 aromatic rings. The molecule has 0 aromatic heterocycles. The van der Waals surface area contributed by atoms with E-state index >= 15 is 0 Å². The fraction of sp³-hybridized carbons (Fsp3) is 0.647. The lowest BCUT2D eigenvalue weighted by Gasteiger charge is -2.23. The molecule has 2 nitrogen and oxygen atoms in total. The zero-order chi connectivity index (χ0) is 14.2.